The number of piperidine rings is 1. The molecular formula is C32H42N5O3S+3. The average Bonchev–Trinajstić information content (AvgIpc) is 3.62. The smallest absolute Gasteiger partial charge is 0.426 e. The van der Waals surface area contributed by atoms with E-state index in [0.717, 1.165) is 36.8 Å². The van der Waals surface area contributed by atoms with Crippen molar-refractivity contribution in [2.75, 3.05) is 47.4 Å². The highest BCUT2D eigenvalue weighted by atomic mass is 32.1. The Bertz CT molecular complexity index is 1410. The van der Waals surface area contributed by atoms with Crippen molar-refractivity contribution in [1.82, 2.24) is 9.80 Å². The predicted octanol–water partition coefficient (Wildman–Crippen LogP) is 1.81. The molecule has 0 unspecified atom stereocenters. The van der Waals surface area contributed by atoms with Crippen LogP contribution in [-0.4, -0.2) is 69.2 Å². The molecule has 3 aliphatic rings. The van der Waals surface area contributed by atoms with Crippen LogP contribution in [0.3, 0.4) is 0 Å². The summed E-state index contributed by atoms with van der Waals surface area (Å²) in [4.78, 5) is 37.6. The topological polar surface area (TPSA) is 85.0 Å². The van der Waals surface area contributed by atoms with Crippen molar-refractivity contribution in [1.29, 1.82) is 0 Å². The molecule has 6 rings (SSSR count). The molecular weight excluding hydrogens is 534 g/mol. The van der Waals surface area contributed by atoms with Crippen LogP contribution >= 0.6 is 11.3 Å². The monoisotopic (exact) mass is 576 g/mol. The predicted molar refractivity (Wildman–Crippen MR) is 157 cm³/mol. The minimum atomic E-state index is -0.457. The SMILES string of the molecule is COC(=O)N1Cc2[nH+]c([NH+](C)C)sc2[C@@]2(C[NH2+]C[C@H]2C(=O)N2CC[C@@H](c3ccccc3)C[C@H]2c2ccc(C)cc2)C1. The van der Waals surface area contributed by atoms with E-state index in [4.69, 9.17) is 4.74 Å². The summed E-state index contributed by atoms with van der Waals surface area (Å²) in [6, 6.07) is 19.4. The standard InChI is InChI=1S/C32H39N5O3S/c1-21-10-12-23(13-11-21)27-16-24(22-8-6-5-7-9-22)14-15-37(27)29(38)25-17-33-19-32(25)20-36(31(39)40-4)18-26-28(32)41-30(34-26)35(2)3/h5-13,24-25,27,33H,14-20H2,1-4H3/p+3/t24-,25+,27+,32+/m1/s1. The maximum Gasteiger partial charge on any atom is 0.426 e. The first-order valence-electron chi connectivity index (χ1n) is 14.7. The van der Waals surface area contributed by atoms with E-state index in [1.54, 1.807) is 16.2 Å². The fourth-order valence-electron chi connectivity index (χ4n) is 7.24. The lowest BCUT2D eigenvalue weighted by atomic mass is 9.72. The summed E-state index contributed by atoms with van der Waals surface area (Å²) < 4.78 is 5.18. The number of nitrogens with zero attached hydrogens (tertiary/aromatic N) is 2. The number of carbonyl (C=O) groups excluding carboxylic acids is 2. The summed E-state index contributed by atoms with van der Waals surface area (Å²) in [5.41, 5.74) is 4.34. The molecule has 0 saturated carbocycles. The number of ether oxygens (including phenoxy) is 1. The van der Waals surface area contributed by atoms with Gasteiger partial charge in [0.25, 0.3) is 0 Å². The molecule has 41 heavy (non-hydrogen) atoms. The Balaban J connectivity index is 1.37. The van der Waals surface area contributed by atoms with Gasteiger partial charge in [0.2, 0.25) is 11.6 Å². The van der Waals surface area contributed by atoms with E-state index in [-0.39, 0.29) is 24.0 Å². The number of amides is 2. The van der Waals surface area contributed by atoms with Gasteiger partial charge < -0.3 is 15.0 Å². The number of aromatic nitrogens is 1. The van der Waals surface area contributed by atoms with E-state index in [2.05, 4.69) is 90.8 Å². The number of nitrogens with two attached hydrogens (primary N) is 1. The number of methoxy groups -OCH3 is 1. The molecule has 0 radical (unpaired) electrons. The van der Waals surface area contributed by atoms with Gasteiger partial charge in [-0.15, -0.1) is 4.98 Å². The van der Waals surface area contributed by atoms with Gasteiger partial charge in [-0.05, 0) is 48.1 Å². The summed E-state index contributed by atoms with van der Waals surface area (Å²) in [6.07, 6.45) is 1.51. The van der Waals surface area contributed by atoms with Gasteiger partial charge >= 0.3 is 11.2 Å². The number of carbonyl (C=O) groups is 2. The van der Waals surface area contributed by atoms with E-state index in [9.17, 15) is 9.59 Å². The molecule has 2 aromatic carbocycles. The van der Waals surface area contributed by atoms with Crippen molar-refractivity contribution in [2.45, 2.75) is 43.7 Å². The molecule has 9 heteroatoms. The largest absolute Gasteiger partial charge is 0.453 e. The third kappa shape index (κ3) is 5.04. The molecule has 4 atom stereocenters. The molecule has 2 fully saturated rings. The number of rotatable bonds is 4. The molecule has 8 nitrogen and oxygen atoms in total. The molecule has 3 aromatic rings. The van der Waals surface area contributed by atoms with Crippen LogP contribution in [0.5, 0.6) is 0 Å². The molecule has 3 aliphatic heterocycles. The zero-order valence-corrected chi connectivity index (χ0v) is 25.3. The number of hydrogen-bond acceptors (Lipinski definition) is 4. The van der Waals surface area contributed by atoms with Crippen LogP contribution in [0.25, 0.3) is 0 Å². The molecule has 2 amide bonds. The first-order chi connectivity index (χ1) is 19.8. The second-order valence-electron chi connectivity index (χ2n) is 12.2. The maximum atomic E-state index is 14.8. The van der Waals surface area contributed by atoms with Gasteiger partial charge in [0.05, 0.1) is 45.8 Å². The minimum Gasteiger partial charge on any atom is -0.453 e. The Kier molecular flexibility index (Phi) is 7.61. The number of benzene rings is 2. The lowest BCUT2D eigenvalue weighted by molar-refractivity contribution is -0.823. The zero-order valence-electron chi connectivity index (χ0n) is 24.5. The van der Waals surface area contributed by atoms with Gasteiger partial charge in [0.1, 0.15) is 17.3 Å². The van der Waals surface area contributed by atoms with Gasteiger partial charge in [-0.1, -0.05) is 60.2 Å². The number of aryl methyl sites for hydroxylation is 1. The summed E-state index contributed by atoms with van der Waals surface area (Å²) in [5.74, 6) is 0.386. The summed E-state index contributed by atoms with van der Waals surface area (Å²) in [5, 5.41) is 3.38. The normalized spacial score (nSPS) is 25.9. The molecule has 4 N–H and O–H groups in total. The van der Waals surface area contributed by atoms with Crippen LogP contribution < -0.4 is 15.2 Å². The first-order valence-corrected chi connectivity index (χ1v) is 15.5. The third-order valence-electron chi connectivity index (χ3n) is 9.40. The third-order valence-corrected chi connectivity index (χ3v) is 11.0. The second-order valence-corrected chi connectivity index (χ2v) is 13.2. The molecule has 0 aliphatic carbocycles. The fourth-order valence-corrected chi connectivity index (χ4v) is 8.56. The van der Waals surface area contributed by atoms with Gasteiger partial charge in [-0.3, -0.25) is 9.69 Å². The lowest BCUT2D eigenvalue weighted by Gasteiger charge is -2.44. The summed E-state index contributed by atoms with van der Waals surface area (Å²) in [7, 11) is 5.64. The number of aromatic amines is 1. The average molecular weight is 577 g/mol. The van der Waals surface area contributed by atoms with Crippen molar-refractivity contribution in [2.24, 2.45) is 5.92 Å². The zero-order chi connectivity index (χ0) is 28.7. The van der Waals surface area contributed by atoms with Crippen molar-refractivity contribution >= 4 is 28.5 Å². The first kappa shape index (κ1) is 27.9. The van der Waals surface area contributed by atoms with Crippen LogP contribution in [0.4, 0.5) is 9.93 Å². The van der Waals surface area contributed by atoms with Crippen molar-refractivity contribution in [3.8, 4) is 0 Å². The minimum absolute atomic E-state index is 0.0103. The Hall–Kier alpha value is -3.27. The van der Waals surface area contributed by atoms with E-state index in [0.29, 0.717) is 25.6 Å². The van der Waals surface area contributed by atoms with E-state index in [1.807, 2.05) is 0 Å². The van der Waals surface area contributed by atoms with Crippen molar-refractivity contribution < 1.29 is 29.5 Å². The second kappa shape index (κ2) is 11.2. The summed E-state index contributed by atoms with van der Waals surface area (Å²) >= 11 is 1.76. The molecule has 216 valence electrons. The number of likely N-dealkylation sites (tertiary alicyclic amines) is 1. The molecule has 2 saturated heterocycles. The van der Waals surface area contributed by atoms with Crippen LogP contribution in [0.1, 0.15) is 52.1 Å². The Morgan fingerprint density at radius 2 is 1.85 bits per heavy atom. The summed E-state index contributed by atoms with van der Waals surface area (Å²) in [6.45, 7) is 5.29. The Morgan fingerprint density at radius 1 is 1.10 bits per heavy atom. The van der Waals surface area contributed by atoms with E-state index in [1.165, 1.54) is 33.6 Å². The number of fused-ring (bicyclic) bond motifs is 2. The number of hydrogen-bond donors (Lipinski definition) is 2. The molecule has 4 heterocycles. The van der Waals surface area contributed by atoms with E-state index >= 15 is 0 Å². The van der Waals surface area contributed by atoms with Crippen molar-refractivity contribution in [3.63, 3.8) is 0 Å². The van der Waals surface area contributed by atoms with Crippen LogP contribution in [0, 0.1) is 12.8 Å². The number of thiazole rings is 1. The number of quaternary nitrogens is 2. The molecule has 1 aromatic heterocycles. The Morgan fingerprint density at radius 3 is 2.56 bits per heavy atom. The Labute approximate surface area is 246 Å². The van der Waals surface area contributed by atoms with Crippen molar-refractivity contribution in [3.05, 3.63) is 81.9 Å². The highest BCUT2D eigenvalue weighted by Gasteiger charge is 2.60. The highest BCUT2D eigenvalue weighted by molar-refractivity contribution is 7.14. The van der Waals surface area contributed by atoms with Crippen LogP contribution in [0.15, 0.2) is 54.6 Å². The number of H-pyrrole nitrogens is 1. The van der Waals surface area contributed by atoms with Gasteiger partial charge in [0.15, 0.2) is 0 Å². The fraction of sp³-hybridized carbons (Fsp3) is 0.469. The maximum absolute atomic E-state index is 14.8. The van der Waals surface area contributed by atoms with E-state index < -0.39 is 5.41 Å². The molecule has 0 bridgehead atoms. The molecule has 1 spiro atoms. The quantitative estimate of drug-likeness (QED) is 0.497. The lowest BCUT2D eigenvalue weighted by Crippen LogP contribution is -3.01. The van der Waals surface area contributed by atoms with Crippen LogP contribution in [0.2, 0.25) is 0 Å². The van der Waals surface area contributed by atoms with Gasteiger partial charge in [-0.25, -0.2) is 9.69 Å². The number of nitrogens with one attached hydrogen (secondary N) is 2. The van der Waals surface area contributed by atoms with Gasteiger partial charge in [-0.2, -0.15) is 0 Å². The highest BCUT2D eigenvalue weighted by Crippen LogP contribution is 2.46. The van der Waals surface area contributed by atoms with Crippen LogP contribution in [-0.2, 0) is 21.5 Å². The van der Waals surface area contributed by atoms with Gasteiger partial charge in [0, 0.05) is 13.1 Å².